The molecule has 7 heteroatoms. The van der Waals surface area contributed by atoms with Crippen LogP contribution in [0.15, 0.2) is 28.9 Å². The summed E-state index contributed by atoms with van der Waals surface area (Å²) in [6, 6.07) is 5.68. The summed E-state index contributed by atoms with van der Waals surface area (Å²) in [4.78, 5) is 18.7. The fourth-order valence-electron chi connectivity index (χ4n) is 3.43. The summed E-state index contributed by atoms with van der Waals surface area (Å²) in [6.45, 7) is 5.09. The molecule has 1 atom stereocenters. The van der Waals surface area contributed by atoms with Gasteiger partial charge in [-0.05, 0) is 19.9 Å². The molecule has 1 spiro atoms. The second-order valence-electron chi connectivity index (χ2n) is 6.47. The van der Waals surface area contributed by atoms with Crippen molar-refractivity contribution < 1.29 is 14.1 Å². The van der Waals surface area contributed by atoms with Crippen LogP contribution in [0.1, 0.15) is 28.2 Å². The zero-order valence-electron chi connectivity index (χ0n) is 13.7. The van der Waals surface area contributed by atoms with Crippen LogP contribution >= 0.6 is 11.8 Å². The Balaban J connectivity index is 1.36. The molecule has 4 rings (SSSR count). The molecule has 4 heterocycles. The normalized spacial score (nSPS) is 21.8. The molecule has 2 aromatic rings. The van der Waals surface area contributed by atoms with E-state index in [1.165, 1.54) is 0 Å². The van der Waals surface area contributed by atoms with E-state index >= 15 is 0 Å². The van der Waals surface area contributed by atoms with Gasteiger partial charge in [0.15, 0.2) is 0 Å². The lowest BCUT2D eigenvalue weighted by atomic mass is 9.92. The van der Waals surface area contributed by atoms with Crippen LogP contribution < -0.4 is 4.74 Å². The Kier molecular flexibility index (Phi) is 3.75. The summed E-state index contributed by atoms with van der Waals surface area (Å²) >= 11 is 1.90. The average Bonchev–Trinajstić information content (AvgIpc) is 3.10. The average molecular weight is 345 g/mol. The quantitative estimate of drug-likeness (QED) is 0.851. The first kappa shape index (κ1) is 15.5. The van der Waals surface area contributed by atoms with Crippen LogP contribution in [-0.4, -0.2) is 50.6 Å². The van der Waals surface area contributed by atoms with Gasteiger partial charge in [0.2, 0.25) is 5.88 Å². The molecule has 2 fully saturated rings. The van der Waals surface area contributed by atoms with Crippen molar-refractivity contribution in [3.05, 3.63) is 41.4 Å². The number of carbonyl (C=O) groups excluding carboxylic acids is 1. The van der Waals surface area contributed by atoms with Crippen molar-refractivity contribution in [3.8, 4) is 5.88 Å². The van der Waals surface area contributed by atoms with Crippen LogP contribution in [0.25, 0.3) is 0 Å². The van der Waals surface area contributed by atoms with Gasteiger partial charge in [-0.1, -0.05) is 11.2 Å². The number of amides is 1. The second kappa shape index (κ2) is 5.81. The van der Waals surface area contributed by atoms with E-state index in [-0.39, 0.29) is 16.8 Å². The van der Waals surface area contributed by atoms with Crippen LogP contribution in [0, 0.1) is 13.8 Å². The highest BCUT2D eigenvalue weighted by Crippen LogP contribution is 2.46. The lowest BCUT2D eigenvalue weighted by Gasteiger charge is -2.47. The Morgan fingerprint density at radius 2 is 2.25 bits per heavy atom. The van der Waals surface area contributed by atoms with Gasteiger partial charge in [0.05, 0.1) is 10.4 Å². The third kappa shape index (κ3) is 2.66. The van der Waals surface area contributed by atoms with E-state index in [0.29, 0.717) is 22.9 Å². The van der Waals surface area contributed by atoms with Crippen molar-refractivity contribution in [1.82, 2.24) is 15.0 Å². The fourth-order valence-corrected chi connectivity index (χ4v) is 4.95. The molecule has 2 aliphatic rings. The third-order valence-electron chi connectivity index (χ3n) is 4.59. The molecule has 1 amide bonds. The van der Waals surface area contributed by atoms with E-state index in [9.17, 15) is 4.79 Å². The maximum atomic E-state index is 12.6. The highest BCUT2D eigenvalue weighted by molar-refractivity contribution is 8.01. The Bertz CT molecular complexity index is 736. The Labute approximate surface area is 144 Å². The highest BCUT2D eigenvalue weighted by atomic mass is 32.2. The number of nitrogens with zero attached hydrogens (tertiary/aromatic N) is 3. The minimum absolute atomic E-state index is 0.0200. The molecule has 2 saturated heterocycles. The fraction of sp³-hybridized carbons (Fsp3) is 0.471. The van der Waals surface area contributed by atoms with Gasteiger partial charge in [0.25, 0.3) is 5.91 Å². The summed E-state index contributed by atoms with van der Waals surface area (Å²) < 4.78 is 11.2. The number of ether oxygens (including phenoxy) is 1. The monoisotopic (exact) mass is 345 g/mol. The predicted octanol–water partition coefficient (Wildman–Crippen LogP) is 2.47. The number of thioether (sulfide) groups is 1. The van der Waals surface area contributed by atoms with Crippen molar-refractivity contribution in [1.29, 1.82) is 0 Å². The van der Waals surface area contributed by atoms with Crippen molar-refractivity contribution >= 4 is 17.7 Å². The first-order valence-electron chi connectivity index (χ1n) is 8.00. The Morgan fingerprint density at radius 1 is 1.42 bits per heavy atom. The maximum Gasteiger partial charge on any atom is 0.259 e. The van der Waals surface area contributed by atoms with E-state index in [2.05, 4.69) is 10.1 Å². The Hall–Kier alpha value is -2.02. The molecule has 2 aromatic heterocycles. The lowest BCUT2D eigenvalue weighted by molar-refractivity contribution is 0.0513. The van der Waals surface area contributed by atoms with Crippen LogP contribution in [0.3, 0.4) is 0 Å². The zero-order chi connectivity index (χ0) is 16.7. The Morgan fingerprint density at radius 3 is 2.92 bits per heavy atom. The minimum atomic E-state index is 0.0200. The summed E-state index contributed by atoms with van der Waals surface area (Å²) in [6.07, 6.45) is 2.83. The van der Waals surface area contributed by atoms with Gasteiger partial charge in [-0.2, -0.15) is 0 Å². The summed E-state index contributed by atoms with van der Waals surface area (Å²) in [7, 11) is 0. The van der Waals surface area contributed by atoms with Crippen LogP contribution in [0.4, 0.5) is 0 Å². The van der Waals surface area contributed by atoms with E-state index in [4.69, 9.17) is 9.26 Å². The van der Waals surface area contributed by atoms with Gasteiger partial charge in [0, 0.05) is 37.5 Å². The maximum absolute atomic E-state index is 12.6. The summed E-state index contributed by atoms with van der Waals surface area (Å²) in [5, 5.41) is 3.87. The number of aromatic nitrogens is 2. The number of likely N-dealkylation sites (tertiary alicyclic amines) is 1. The molecule has 0 unspecified atom stereocenters. The first-order chi connectivity index (χ1) is 11.6. The third-order valence-corrected chi connectivity index (χ3v) is 6.17. The zero-order valence-corrected chi connectivity index (χ0v) is 14.5. The number of hydrogen-bond donors (Lipinski definition) is 0. The number of rotatable bonds is 3. The van der Waals surface area contributed by atoms with Crippen molar-refractivity contribution in [3.63, 3.8) is 0 Å². The molecular formula is C17H19N3O3S. The molecule has 24 heavy (non-hydrogen) atoms. The molecule has 0 aromatic carbocycles. The smallest absolute Gasteiger partial charge is 0.259 e. The molecule has 6 nitrogen and oxygen atoms in total. The van der Waals surface area contributed by atoms with Crippen LogP contribution in [-0.2, 0) is 0 Å². The molecule has 0 aliphatic carbocycles. The van der Waals surface area contributed by atoms with Crippen molar-refractivity contribution in [2.75, 3.05) is 18.8 Å². The second-order valence-corrected chi connectivity index (χ2v) is 7.95. The SMILES string of the molecule is Cc1noc(C)c1C(=O)N1CC2(C[C@H](Oc3ccccn3)CS2)C1. The van der Waals surface area contributed by atoms with E-state index in [1.54, 1.807) is 20.0 Å². The van der Waals surface area contributed by atoms with E-state index in [1.807, 2.05) is 34.9 Å². The summed E-state index contributed by atoms with van der Waals surface area (Å²) in [5.41, 5.74) is 1.27. The van der Waals surface area contributed by atoms with Crippen molar-refractivity contribution in [2.45, 2.75) is 31.1 Å². The first-order valence-corrected chi connectivity index (χ1v) is 8.99. The van der Waals surface area contributed by atoms with Gasteiger partial charge in [0.1, 0.15) is 17.4 Å². The molecular weight excluding hydrogens is 326 g/mol. The standard InChI is InChI=1S/C17H19N3O3S/c1-11-15(12(2)23-19-11)16(21)20-9-17(10-20)7-13(8-24-17)22-14-5-3-4-6-18-14/h3-6,13H,7-10H2,1-2H3/t13-/m0/s1. The van der Waals surface area contributed by atoms with E-state index < -0.39 is 0 Å². The van der Waals surface area contributed by atoms with Gasteiger partial charge in [-0.3, -0.25) is 4.79 Å². The number of aryl methyl sites for hydroxylation is 2. The molecule has 0 bridgehead atoms. The van der Waals surface area contributed by atoms with Crippen LogP contribution in [0.5, 0.6) is 5.88 Å². The van der Waals surface area contributed by atoms with Gasteiger partial charge in [-0.25, -0.2) is 4.98 Å². The lowest BCUT2D eigenvalue weighted by Crippen LogP contribution is -2.61. The predicted molar refractivity (Wildman–Crippen MR) is 90.3 cm³/mol. The van der Waals surface area contributed by atoms with Gasteiger partial charge < -0.3 is 14.2 Å². The van der Waals surface area contributed by atoms with E-state index in [0.717, 1.165) is 25.3 Å². The van der Waals surface area contributed by atoms with Gasteiger partial charge in [-0.15, -0.1) is 11.8 Å². The van der Waals surface area contributed by atoms with Crippen LogP contribution in [0.2, 0.25) is 0 Å². The van der Waals surface area contributed by atoms with Gasteiger partial charge >= 0.3 is 0 Å². The molecule has 0 saturated carbocycles. The summed E-state index contributed by atoms with van der Waals surface area (Å²) in [5.74, 6) is 2.22. The molecule has 0 radical (unpaired) electrons. The number of carbonyl (C=O) groups is 1. The number of pyridine rings is 1. The largest absolute Gasteiger partial charge is 0.473 e. The molecule has 126 valence electrons. The molecule has 0 N–H and O–H groups in total. The highest BCUT2D eigenvalue weighted by Gasteiger charge is 2.51. The molecule has 2 aliphatic heterocycles. The van der Waals surface area contributed by atoms with Crippen molar-refractivity contribution in [2.24, 2.45) is 0 Å². The minimum Gasteiger partial charge on any atom is -0.473 e. The number of hydrogen-bond acceptors (Lipinski definition) is 6. The topological polar surface area (TPSA) is 68.5 Å².